The number of H-pyrrole nitrogens is 1. The molecule has 2 aromatic rings. The third-order valence-corrected chi connectivity index (χ3v) is 4.43. The minimum Gasteiger partial charge on any atom is -0.380 e. The second-order valence-corrected chi connectivity index (χ2v) is 6.34. The molecule has 1 fully saturated rings. The number of hydrogen-bond acceptors (Lipinski definition) is 6. The Labute approximate surface area is 151 Å². The third-order valence-electron chi connectivity index (χ3n) is 4.43. The Balaban J connectivity index is 1.70. The number of amides is 1. The molecule has 2 atom stereocenters. The van der Waals surface area contributed by atoms with Crippen LogP contribution in [0.25, 0.3) is 11.0 Å². The molecule has 3 heterocycles. The van der Waals surface area contributed by atoms with E-state index in [1.807, 2.05) is 12.3 Å². The van der Waals surface area contributed by atoms with E-state index in [4.69, 9.17) is 10.00 Å². The number of nitriles is 1. The normalized spacial score (nSPS) is 19.9. The standard InChI is InChI=1S/C18H22N6O2/c1-2-16(25)24-9-13(11-26-7-3-5-19)8-14(10-24)23-18-15-4-6-20-17(15)21-12-22-18/h2,4,6,12-14H,1,3,7-11H2,(H2,20,21,22,23)/t13-,14+/m1/s1. The topological polar surface area (TPSA) is 107 Å². The van der Waals surface area contributed by atoms with E-state index < -0.39 is 0 Å². The first-order valence-electron chi connectivity index (χ1n) is 8.62. The molecule has 1 aliphatic heterocycles. The van der Waals surface area contributed by atoms with Crippen molar-refractivity contribution in [3.8, 4) is 6.07 Å². The first-order valence-corrected chi connectivity index (χ1v) is 8.62. The van der Waals surface area contributed by atoms with E-state index in [0.29, 0.717) is 32.7 Å². The summed E-state index contributed by atoms with van der Waals surface area (Å²) >= 11 is 0. The van der Waals surface area contributed by atoms with Gasteiger partial charge in [-0.05, 0) is 18.6 Å². The highest BCUT2D eigenvalue weighted by Crippen LogP contribution is 2.24. The molecule has 1 aliphatic rings. The van der Waals surface area contributed by atoms with Crippen LogP contribution < -0.4 is 5.32 Å². The van der Waals surface area contributed by atoms with Crippen molar-refractivity contribution in [3.63, 3.8) is 0 Å². The predicted octanol–water partition coefficient (Wildman–Crippen LogP) is 1.70. The molecule has 8 heteroatoms. The second-order valence-electron chi connectivity index (χ2n) is 6.34. The van der Waals surface area contributed by atoms with E-state index >= 15 is 0 Å². The summed E-state index contributed by atoms with van der Waals surface area (Å²) in [5, 5.41) is 13.0. The zero-order valence-electron chi connectivity index (χ0n) is 14.5. The van der Waals surface area contributed by atoms with E-state index in [2.05, 4.69) is 32.9 Å². The number of piperidine rings is 1. The van der Waals surface area contributed by atoms with Gasteiger partial charge in [0.25, 0.3) is 0 Å². The molecule has 8 nitrogen and oxygen atoms in total. The number of nitrogens with one attached hydrogen (secondary N) is 2. The monoisotopic (exact) mass is 354 g/mol. The van der Waals surface area contributed by atoms with Crippen molar-refractivity contribution >= 4 is 22.8 Å². The summed E-state index contributed by atoms with van der Waals surface area (Å²) in [5.74, 6) is 0.846. The molecule has 26 heavy (non-hydrogen) atoms. The number of likely N-dealkylation sites (tertiary alicyclic amines) is 1. The summed E-state index contributed by atoms with van der Waals surface area (Å²) in [5.41, 5.74) is 0.772. The fraction of sp³-hybridized carbons (Fsp3) is 0.444. The van der Waals surface area contributed by atoms with Crippen LogP contribution in [0, 0.1) is 17.2 Å². The minimum absolute atomic E-state index is 0.0465. The van der Waals surface area contributed by atoms with Gasteiger partial charge in [-0.1, -0.05) is 6.58 Å². The van der Waals surface area contributed by atoms with Crippen LogP contribution >= 0.6 is 0 Å². The van der Waals surface area contributed by atoms with Crippen LogP contribution in [-0.4, -0.2) is 58.1 Å². The van der Waals surface area contributed by atoms with Crippen molar-refractivity contribution in [3.05, 3.63) is 31.2 Å². The van der Waals surface area contributed by atoms with Gasteiger partial charge in [-0.3, -0.25) is 4.79 Å². The fourth-order valence-electron chi connectivity index (χ4n) is 3.29. The number of ether oxygens (including phenoxy) is 1. The number of fused-ring (bicyclic) bond motifs is 1. The second kappa shape index (κ2) is 8.45. The number of carbonyl (C=O) groups is 1. The molecule has 2 aromatic heterocycles. The quantitative estimate of drug-likeness (QED) is 0.579. The molecule has 0 aliphatic carbocycles. The lowest BCUT2D eigenvalue weighted by Crippen LogP contribution is -2.49. The maximum atomic E-state index is 12.1. The molecule has 0 spiro atoms. The average molecular weight is 354 g/mol. The highest BCUT2D eigenvalue weighted by atomic mass is 16.5. The highest BCUT2D eigenvalue weighted by molar-refractivity contribution is 5.88. The molecule has 2 N–H and O–H groups in total. The minimum atomic E-state index is -0.0898. The van der Waals surface area contributed by atoms with Gasteiger partial charge in [0.1, 0.15) is 17.8 Å². The SMILES string of the molecule is C=CC(=O)N1C[C@H](COCCC#N)C[C@H](Nc2ncnc3[nH]ccc23)C1. The lowest BCUT2D eigenvalue weighted by atomic mass is 9.94. The van der Waals surface area contributed by atoms with Crippen LogP contribution in [-0.2, 0) is 9.53 Å². The Morgan fingerprint density at radius 1 is 1.54 bits per heavy atom. The van der Waals surface area contributed by atoms with Crippen molar-refractivity contribution in [1.29, 1.82) is 5.26 Å². The summed E-state index contributed by atoms with van der Waals surface area (Å²) < 4.78 is 5.59. The Morgan fingerprint density at radius 2 is 2.42 bits per heavy atom. The number of anilines is 1. The van der Waals surface area contributed by atoms with Gasteiger partial charge in [0.2, 0.25) is 5.91 Å². The van der Waals surface area contributed by atoms with Gasteiger partial charge in [0, 0.05) is 31.2 Å². The number of rotatable bonds is 7. The molecule has 136 valence electrons. The third kappa shape index (κ3) is 4.18. The Bertz CT molecular complexity index is 811. The van der Waals surface area contributed by atoms with E-state index in [1.165, 1.54) is 12.4 Å². The van der Waals surface area contributed by atoms with Crippen LogP contribution in [0.3, 0.4) is 0 Å². The first-order chi connectivity index (χ1) is 12.7. The van der Waals surface area contributed by atoms with Gasteiger partial charge in [-0.2, -0.15) is 5.26 Å². The number of aromatic nitrogens is 3. The van der Waals surface area contributed by atoms with Crippen molar-refractivity contribution in [2.24, 2.45) is 5.92 Å². The molecule has 1 saturated heterocycles. The summed E-state index contributed by atoms with van der Waals surface area (Å²) in [6.45, 7) is 5.72. The smallest absolute Gasteiger partial charge is 0.246 e. The molecule has 0 aromatic carbocycles. The van der Waals surface area contributed by atoms with Gasteiger partial charge in [0.15, 0.2) is 0 Å². The Hall–Kier alpha value is -2.92. The average Bonchev–Trinajstić information content (AvgIpc) is 3.14. The van der Waals surface area contributed by atoms with E-state index in [1.54, 1.807) is 4.90 Å². The van der Waals surface area contributed by atoms with Crippen molar-refractivity contribution in [2.45, 2.75) is 18.9 Å². The molecule has 1 amide bonds. The van der Waals surface area contributed by atoms with E-state index in [0.717, 1.165) is 23.3 Å². The van der Waals surface area contributed by atoms with Gasteiger partial charge in [-0.15, -0.1) is 0 Å². The number of nitrogens with zero attached hydrogens (tertiary/aromatic N) is 4. The Morgan fingerprint density at radius 3 is 3.23 bits per heavy atom. The summed E-state index contributed by atoms with van der Waals surface area (Å²) in [6, 6.07) is 4.04. The number of carbonyl (C=O) groups excluding carboxylic acids is 1. The number of hydrogen-bond donors (Lipinski definition) is 2. The van der Waals surface area contributed by atoms with Gasteiger partial charge >= 0.3 is 0 Å². The largest absolute Gasteiger partial charge is 0.380 e. The molecule has 3 rings (SSSR count). The zero-order valence-corrected chi connectivity index (χ0v) is 14.5. The highest BCUT2D eigenvalue weighted by Gasteiger charge is 2.29. The molecule has 0 bridgehead atoms. The van der Waals surface area contributed by atoms with Crippen molar-refractivity contribution in [2.75, 3.05) is 31.6 Å². The lowest BCUT2D eigenvalue weighted by Gasteiger charge is -2.37. The molecule has 0 unspecified atom stereocenters. The molecular formula is C18H22N6O2. The Kier molecular flexibility index (Phi) is 5.81. The first kappa shape index (κ1) is 17.9. The van der Waals surface area contributed by atoms with E-state index in [-0.39, 0.29) is 17.9 Å². The molecule has 0 radical (unpaired) electrons. The summed E-state index contributed by atoms with van der Waals surface area (Å²) in [4.78, 5) is 25.5. The van der Waals surface area contributed by atoms with Crippen molar-refractivity contribution < 1.29 is 9.53 Å². The molecule has 0 saturated carbocycles. The van der Waals surface area contributed by atoms with Crippen molar-refractivity contribution in [1.82, 2.24) is 19.9 Å². The molecular weight excluding hydrogens is 332 g/mol. The van der Waals surface area contributed by atoms with Crippen LogP contribution in [0.2, 0.25) is 0 Å². The van der Waals surface area contributed by atoms with Gasteiger partial charge in [0.05, 0.1) is 31.1 Å². The lowest BCUT2D eigenvalue weighted by molar-refractivity contribution is -0.128. The summed E-state index contributed by atoms with van der Waals surface area (Å²) in [7, 11) is 0. The van der Waals surface area contributed by atoms with Crippen LogP contribution in [0.15, 0.2) is 31.2 Å². The van der Waals surface area contributed by atoms with Gasteiger partial charge in [-0.25, -0.2) is 9.97 Å². The van der Waals surface area contributed by atoms with Crippen LogP contribution in [0.1, 0.15) is 12.8 Å². The zero-order chi connectivity index (χ0) is 18.4. The van der Waals surface area contributed by atoms with E-state index in [9.17, 15) is 4.79 Å². The van der Waals surface area contributed by atoms with Gasteiger partial charge < -0.3 is 19.9 Å². The fourth-order valence-corrected chi connectivity index (χ4v) is 3.29. The summed E-state index contributed by atoms with van der Waals surface area (Å²) in [6.07, 6.45) is 5.90. The maximum absolute atomic E-state index is 12.1. The van der Waals surface area contributed by atoms with Crippen LogP contribution in [0.5, 0.6) is 0 Å². The predicted molar refractivity (Wildman–Crippen MR) is 97.2 cm³/mol. The number of aromatic amines is 1. The maximum Gasteiger partial charge on any atom is 0.246 e. The van der Waals surface area contributed by atoms with Crippen LogP contribution in [0.4, 0.5) is 5.82 Å².